The van der Waals surface area contributed by atoms with E-state index in [0.29, 0.717) is 0 Å². The first-order valence-corrected chi connectivity index (χ1v) is 21.9. The molecule has 1 amide bonds. The maximum absolute atomic E-state index is 12.3. The first-order chi connectivity index (χ1) is 33.0. The van der Waals surface area contributed by atoms with Gasteiger partial charge in [-0.3, -0.25) is 4.79 Å². The molecule has 70 heavy (non-hydrogen) atoms. The number of carboxylic acid groups (broad SMARTS) is 1. The van der Waals surface area contributed by atoms with Crippen LogP contribution in [0.1, 0.15) is 13.8 Å². The minimum atomic E-state index is -2.44. The van der Waals surface area contributed by atoms with Crippen LogP contribution in [0.4, 0.5) is 0 Å². The van der Waals surface area contributed by atoms with E-state index in [1.165, 1.54) is 6.92 Å². The highest BCUT2D eigenvalue weighted by molar-refractivity contribution is 5.73. The number of nitrogens with one attached hydrogen (secondary N) is 1. The smallest absolute Gasteiger partial charge is 0.335 e. The van der Waals surface area contributed by atoms with Crippen LogP contribution in [0.15, 0.2) is 0 Å². The Labute approximate surface area is 395 Å². The molecule has 5 saturated heterocycles. The Kier molecular flexibility index (Phi) is 21.3. The lowest BCUT2D eigenvalue weighted by molar-refractivity contribution is -0.416. The van der Waals surface area contributed by atoms with Gasteiger partial charge in [0.1, 0.15) is 128 Å². The van der Waals surface area contributed by atoms with Gasteiger partial charge in [-0.25, -0.2) is 4.79 Å². The van der Waals surface area contributed by atoms with Crippen LogP contribution in [0.25, 0.3) is 0 Å². The summed E-state index contributed by atoms with van der Waals surface area (Å²) in [5.74, 6) is -2.71. The van der Waals surface area contributed by atoms with E-state index in [4.69, 9.17) is 47.4 Å². The van der Waals surface area contributed by atoms with Crippen LogP contribution < -0.4 is 5.32 Å². The second-order valence-electron chi connectivity index (χ2n) is 17.3. The van der Waals surface area contributed by atoms with E-state index in [1.54, 1.807) is 0 Å². The molecule has 0 radical (unpaired) electrons. The zero-order chi connectivity index (χ0) is 52.2. The SMILES string of the molecule is CC(=O)N[C@@H](CO)[C@@H](O[C@@H]1O[C@H](CO)[C@H](O[C@@H]2O[C@H](CO)[C@H](O)[C@H](O)[C@H]2O)[C@H](O[C@@H]2O[C@H](CO)[C@H](O)[C@H](O[C@@H]3O[C@H](C(=O)O)[C@@H](O)[C@H](O)[C@H]3O)[C@H]2O)[C@H]1O[C@@H]1O[C@@H](C)[C@@H](O)[C@@H](O)[C@@H]1O)[C@@H](O)[C@H](O)CO. The number of amides is 1. The number of carbonyl (C=O) groups is 2. The van der Waals surface area contributed by atoms with E-state index in [-0.39, 0.29) is 0 Å². The van der Waals surface area contributed by atoms with Crippen molar-refractivity contribution < 1.29 is 154 Å². The number of carbonyl (C=O) groups excluding carboxylic acids is 1. The second-order valence-corrected chi connectivity index (χ2v) is 17.3. The number of aliphatic hydroxyl groups excluding tert-OH is 18. The number of hydrogen-bond acceptors (Lipinski definition) is 30. The number of aliphatic hydroxyl groups is 18. The summed E-state index contributed by atoms with van der Waals surface area (Å²) in [4.78, 5) is 24.1. The minimum Gasteiger partial charge on any atom is -0.479 e. The van der Waals surface area contributed by atoms with Crippen LogP contribution >= 0.6 is 0 Å². The standard InChI is InChI=1S/C38H65NO31/c1-8-15(47)19(51)23(55)34(61-8)70-32-31(69-37-26(58)29(18(50)13(6-43)63-37)67-36-25(57)21(53)22(54)30(68-36)33(59)60)28(66-35-24(56)20(52)17(49)12(5-42)62-35)14(7-44)64-38(32)65-27(16(48)11(46)4-41)10(3-40)39-9(2)45/h8,10-32,34-38,40-44,46-58H,3-7H2,1-2H3,(H,39,45)(H,59,60)/t8-,10-,11+,12+,13+,14+,15+,16-,17-,18-,19+,20-,21-,22-,23-,24+,25+,26+,27+,28-,29-,30-,31-,32+,34-,35-,36+,37-,38-/m0/s1. The molecular weight excluding hydrogens is 966 g/mol. The number of aliphatic carboxylic acids is 1. The summed E-state index contributed by atoms with van der Waals surface area (Å²) >= 11 is 0. The summed E-state index contributed by atoms with van der Waals surface area (Å²) in [5, 5.41) is 204. The van der Waals surface area contributed by atoms with Gasteiger partial charge in [0.05, 0.1) is 45.2 Å². The molecule has 0 spiro atoms. The average Bonchev–Trinajstić information content (AvgIpc) is 3.33. The largest absolute Gasteiger partial charge is 0.479 e. The summed E-state index contributed by atoms with van der Waals surface area (Å²) < 4.78 is 58.1. The lowest BCUT2D eigenvalue weighted by atomic mass is 9.94. The Bertz CT molecular complexity index is 1640. The molecule has 0 saturated carbocycles. The topological polar surface area (TPSA) is 523 Å². The van der Waals surface area contributed by atoms with Gasteiger partial charge in [0, 0.05) is 6.92 Å². The highest BCUT2D eigenvalue weighted by Crippen LogP contribution is 2.38. The average molecular weight is 1030 g/mol. The Morgan fingerprint density at radius 1 is 0.500 bits per heavy atom. The lowest BCUT2D eigenvalue weighted by Crippen LogP contribution is -2.70. The van der Waals surface area contributed by atoms with Crippen LogP contribution in [0.5, 0.6) is 0 Å². The van der Waals surface area contributed by atoms with Crippen molar-refractivity contribution in [3.63, 3.8) is 0 Å². The maximum Gasteiger partial charge on any atom is 0.335 e. The first kappa shape index (κ1) is 58.7. The molecule has 20 N–H and O–H groups in total. The van der Waals surface area contributed by atoms with E-state index in [9.17, 15) is 107 Å². The summed E-state index contributed by atoms with van der Waals surface area (Å²) in [6.07, 6.45) is -59.4. The van der Waals surface area contributed by atoms with Crippen molar-refractivity contribution in [1.29, 1.82) is 0 Å². The molecule has 5 aliphatic heterocycles. The molecular formula is C38H65NO31. The zero-order valence-electron chi connectivity index (χ0n) is 37.2. The predicted molar refractivity (Wildman–Crippen MR) is 212 cm³/mol. The van der Waals surface area contributed by atoms with Gasteiger partial charge < -0.3 is 150 Å². The second kappa shape index (κ2) is 25.4. The summed E-state index contributed by atoms with van der Waals surface area (Å²) in [7, 11) is 0. The summed E-state index contributed by atoms with van der Waals surface area (Å²) in [6.45, 7) is -3.40. The monoisotopic (exact) mass is 1030 g/mol. The molecule has 0 aromatic rings. The van der Waals surface area contributed by atoms with E-state index < -0.39 is 223 Å². The van der Waals surface area contributed by atoms with Gasteiger partial charge in [-0.1, -0.05) is 0 Å². The van der Waals surface area contributed by atoms with E-state index >= 15 is 0 Å². The van der Waals surface area contributed by atoms with Crippen molar-refractivity contribution in [3.05, 3.63) is 0 Å². The number of carboxylic acids is 1. The first-order valence-electron chi connectivity index (χ1n) is 21.9. The molecule has 29 atom stereocenters. The number of rotatable bonds is 20. The fourth-order valence-electron chi connectivity index (χ4n) is 8.40. The van der Waals surface area contributed by atoms with E-state index in [0.717, 1.165) is 6.92 Å². The molecule has 32 nitrogen and oxygen atoms in total. The van der Waals surface area contributed by atoms with Gasteiger partial charge in [0.2, 0.25) is 5.91 Å². The molecule has 32 heteroatoms. The number of hydrogen-bond donors (Lipinski definition) is 20. The van der Waals surface area contributed by atoms with Gasteiger partial charge >= 0.3 is 5.97 Å². The van der Waals surface area contributed by atoms with Crippen LogP contribution in [0.3, 0.4) is 0 Å². The van der Waals surface area contributed by atoms with Crippen molar-refractivity contribution in [2.75, 3.05) is 33.0 Å². The summed E-state index contributed by atoms with van der Waals surface area (Å²) in [6, 6.07) is -1.72. The van der Waals surface area contributed by atoms with Crippen molar-refractivity contribution in [3.8, 4) is 0 Å². The van der Waals surface area contributed by atoms with Crippen molar-refractivity contribution in [2.45, 2.75) is 192 Å². The Morgan fingerprint density at radius 3 is 1.49 bits per heavy atom. The summed E-state index contributed by atoms with van der Waals surface area (Å²) in [5.41, 5.74) is 0. The molecule has 5 heterocycles. The van der Waals surface area contributed by atoms with Crippen LogP contribution in [-0.4, -0.2) is 320 Å². The molecule has 0 aromatic heterocycles. The fraction of sp³-hybridized carbons (Fsp3) is 0.947. The molecule has 408 valence electrons. The predicted octanol–water partition coefficient (Wildman–Crippen LogP) is -13.2. The van der Waals surface area contributed by atoms with Crippen LogP contribution in [0, 0.1) is 0 Å². The third kappa shape index (κ3) is 12.7. The highest BCUT2D eigenvalue weighted by atomic mass is 16.8. The molecule has 0 unspecified atom stereocenters. The van der Waals surface area contributed by atoms with Gasteiger partial charge in [0.25, 0.3) is 0 Å². The van der Waals surface area contributed by atoms with Crippen molar-refractivity contribution in [1.82, 2.24) is 5.32 Å². The van der Waals surface area contributed by atoms with Crippen LogP contribution in [0.2, 0.25) is 0 Å². The van der Waals surface area contributed by atoms with Gasteiger partial charge in [-0.05, 0) is 6.92 Å². The maximum atomic E-state index is 12.3. The molecule has 0 aromatic carbocycles. The Morgan fingerprint density at radius 2 is 0.957 bits per heavy atom. The molecule has 5 aliphatic rings. The Hall–Kier alpha value is -2.18. The third-order valence-electron chi connectivity index (χ3n) is 12.4. The minimum absolute atomic E-state index is 0.852. The zero-order valence-corrected chi connectivity index (χ0v) is 37.2. The van der Waals surface area contributed by atoms with Crippen molar-refractivity contribution in [2.24, 2.45) is 0 Å². The quantitative estimate of drug-likeness (QED) is 0.0538. The Balaban J connectivity index is 1.66. The third-order valence-corrected chi connectivity index (χ3v) is 12.4. The van der Waals surface area contributed by atoms with E-state index in [2.05, 4.69) is 5.32 Å². The fourth-order valence-corrected chi connectivity index (χ4v) is 8.40. The van der Waals surface area contributed by atoms with Crippen LogP contribution in [-0.2, 0) is 57.0 Å². The highest BCUT2D eigenvalue weighted by Gasteiger charge is 2.59. The molecule has 5 rings (SSSR count). The normalized spacial score (nSPS) is 46.7. The van der Waals surface area contributed by atoms with Gasteiger partial charge in [0.15, 0.2) is 37.6 Å². The lowest BCUT2D eigenvalue weighted by Gasteiger charge is -2.52. The van der Waals surface area contributed by atoms with Crippen molar-refractivity contribution >= 4 is 11.9 Å². The molecule has 5 fully saturated rings. The number of ether oxygens (including phenoxy) is 10. The molecule has 0 aliphatic carbocycles. The van der Waals surface area contributed by atoms with Gasteiger partial charge in [-0.15, -0.1) is 0 Å². The van der Waals surface area contributed by atoms with E-state index in [1.807, 2.05) is 0 Å². The van der Waals surface area contributed by atoms with Gasteiger partial charge in [-0.2, -0.15) is 0 Å². The molecule has 0 bridgehead atoms.